The Morgan fingerprint density at radius 3 is 2.78 bits per heavy atom. The molecule has 9 heteroatoms. The lowest BCUT2D eigenvalue weighted by Crippen LogP contribution is -2.46. The van der Waals surface area contributed by atoms with Gasteiger partial charge in [-0.1, -0.05) is 24.0 Å². The molecule has 2 atom stereocenters. The van der Waals surface area contributed by atoms with Crippen LogP contribution >= 0.6 is 18.5 Å². The van der Waals surface area contributed by atoms with Gasteiger partial charge >= 0.3 is 0 Å². The van der Waals surface area contributed by atoms with E-state index in [1.54, 1.807) is 26.5 Å². The highest BCUT2D eigenvalue weighted by atomic mass is 32.1. The third-order valence-electron chi connectivity index (χ3n) is 6.54. The van der Waals surface area contributed by atoms with Gasteiger partial charge < -0.3 is 24.8 Å². The zero-order chi connectivity index (χ0) is 26.6. The summed E-state index contributed by atoms with van der Waals surface area (Å²) in [5.74, 6) is 7.02. The smallest absolute Gasteiger partial charge is 0.142 e. The lowest BCUT2D eigenvalue weighted by atomic mass is 10.0. The highest BCUT2D eigenvalue weighted by Gasteiger charge is 2.28. The fourth-order valence-corrected chi connectivity index (χ4v) is 6.52. The van der Waals surface area contributed by atoms with Crippen LogP contribution in [-0.4, -0.2) is 64.2 Å². The lowest BCUT2D eigenvalue weighted by molar-refractivity contribution is 0.149. The SMILES string of the molecule is COc1cc(P(C)(C)=O)ccc1NCC#Cc1sc2c(N[C@H]3CCN(C)C[C@H]3F)cccc2c1CC#N. The monoisotopic (exact) mass is 538 g/mol. The van der Waals surface area contributed by atoms with Gasteiger partial charge in [0.2, 0.25) is 0 Å². The number of rotatable bonds is 7. The van der Waals surface area contributed by atoms with Crippen molar-refractivity contribution in [3.05, 3.63) is 46.8 Å². The van der Waals surface area contributed by atoms with E-state index in [0.29, 0.717) is 18.8 Å². The van der Waals surface area contributed by atoms with Gasteiger partial charge in [-0.25, -0.2) is 4.39 Å². The number of anilines is 2. The number of hydrogen-bond donors (Lipinski definition) is 2. The molecular formula is C28H32FN4O2PS. The summed E-state index contributed by atoms with van der Waals surface area (Å²) >= 11 is 1.54. The molecule has 0 spiro atoms. The molecule has 2 aromatic carbocycles. The first-order chi connectivity index (χ1) is 17.7. The Hall–Kier alpha value is -3.03. The molecule has 0 aliphatic carbocycles. The minimum absolute atomic E-state index is 0.238. The molecule has 2 heterocycles. The molecule has 1 aliphatic heterocycles. The molecule has 4 rings (SSSR count). The molecule has 194 valence electrons. The molecule has 0 bridgehead atoms. The molecule has 1 saturated heterocycles. The number of thiophene rings is 1. The Bertz CT molecular complexity index is 1430. The summed E-state index contributed by atoms with van der Waals surface area (Å²) in [5.41, 5.74) is 2.56. The summed E-state index contributed by atoms with van der Waals surface area (Å²) in [6.07, 6.45) is 0.0523. The van der Waals surface area contributed by atoms with E-state index in [4.69, 9.17) is 4.74 Å². The van der Waals surface area contributed by atoms with Crippen LogP contribution in [0.3, 0.4) is 0 Å². The zero-order valence-corrected chi connectivity index (χ0v) is 23.3. The first-order valence-corrected chi connectivity index (χ1v) is 15.6. The Balaban J connectivity index is 1.56. The third-order valence-corrected chi connectivity index (χ3v) is 9.25. The second kappa shape index (κ2) is 11.6. The van der Waals surface area contributed by atoms with Crippen LogP contribution in [0.4, 0.5) is 15.8 Å². The maximum absolute atomic E-state index is 14.7. The van der Waals surface area contributed by atoms with Crippen molar-refractivity contribution in [2.24, 2.45) is 0 Å². The average molecular weight is 539 g/mol. The normalized spacial score (nSPS) is 18.1. The first kappa shape index (κ1) is 27.0. The molecule has 2 N–H and O–H groups in total. The number of likely N-dealkylation sites (tertiary alicyclic amines) is 1. The Labute approximate surface area is 222 Å². The van der Waals surface area contributed by atoms with Crippen molar-refractivity contribution in [1.29, 1.82) is 5.26 Å². The first-order valence-electron chi connectivity index (χ1n) is 12.2. The number of ether oxygens (including phenoxy) is 1. The van der Waals surface area contributed by atoms with E-state index in [9.17, 15) is 14.2 Å². The van der Waals surface area contributed by atoms with Gasteiger partial charge in [0, 0.05) is 29.3 Å². The number of piperidine rings is 1. The maximum Gasteiger partial charge on any atom is 0.142 e. The molecule has 0 saturated carbocycles. The van der Waals surface area contributed by atoms with Gasteiger partial charge in [0.05, 0.1) is 53.1 Å². The van der Waals surface area contributed by atoms with Crippen LogP contribution in [0.15, 0.2) is 36.4 Å². The molecule has 3 aromatic rings. The van der Waals surface area contributed by atoms with E-state index < -0.39 is 13.3 Å². The number of nitrogens with one attached hydrogen (secondary N) is 2. The fourth-order valence-electron chi connectivity index (χ4n) is 4.48. The summed E-state index contributed by atoms with van der Waals surface area (Å²) in [7, 11) is 1.14. The van der Waals surface area contributed by atoms with Crippen molar-refractivity contribution >= 4 is 45.2 Å². The van der Waals surface area contributed by atoms with E-state index >= 15 is 0 Å². The highest BCUT2D eigenvalue weighted by Crippen LogP contribution is 2.38. The Morgan fingerprint density at radius 1 is 1.27 bits per heavy atom. The van der Waals surface area contributed by atoms with Crippen LogP contribution in [0.5, 0.6) is 5.75 Å². The minimum atomic E-state index is -2.39. The van der Waals surface area contributed by atoms with Gasteiger partial charge in [0.15, 0.2) is 0 Å². The van der Waals surface area contributed by atoms with Crippen molar-refractivity contribution in [2.75, 3.05) is 57.8 Å². The van der Waals surface area contributed by atoms with Crippen LogP contribution in [0.25, 0.3) is 10.1 Å². The van der Waals surface area contributed by atoms with E-state index in [1.807, 2.05) is 42.3 Å². The number of methoxy groups -OCH3 is 1. The van der Waals surface area contributed by atoms with Crippen molar-refractivity contribution < 1.29 is 13.7 Å². The number of nitriles is 1. The second-order valence-electron chi connectivity index (χ2n) is 9.64. The van der Waals surface area contributed by atoms with E-state index in [1.165, 1.54) is 11.3 Å². The maximum atomic E-state index is 14.7. The molecule has 0 radical (unpaired) electrons. The van der Waals surface area contributed by atoms with Crippen molar-refractivity contribution in [2.45, 2.75) is 25.1 Å². The molecular weight excluding hydrogens is 506 g/mol. The molecule has 1 fully saturated rings. The summed E-state index contributed by atoms with van der Waals surface area (Å²) in [6.45, 7) is 5.11. The predicted octanol–water partition coefficient (Wildman–Crippen LogP) is 5.14. The second-order valence-corrected chi connectivity index (χ2v) is 13.9. The number of benzene rings is 2. The summed E-state index contributed by atoms with van der Waals surface area (Å²) < 4.78 is 33.5. The molecule has 0 unspecified atom stereocenters. The van der Waals surface area contributed by atoms with Crippen LogP contribution in [0.1, 0.15) is 16.9 Å². The van der Waals surface area contributed by atoms with Crippen molar-refractivity contribution in [1.82, 2.24) is 4.90 Å². The summed E-state index contributed by atoms with van der Waals surface area (Å²) in [5, 5.41) is 17.9. The summed E-state index contributed by atoms with van der Waals surface area (Å²) in [6, 6.07) is 13.4. The van der Waals surface area contributed by atoms with Crippen LogP contribution in [0.2, 0.25) is 0 Å². The third kappa shape index (κ3) is 6.28. The van der Waals surface area contributed by atoms with Gasteiger partial charge in [-0.05, 0) is 51.1 Å². The molecule has 1 aromatic heterocycles. The quantitative estimate of drug-likeness (QED) is 0.320. The molecule has 0 amide bonds. The number of alkyl halides is 1. The van der Waals surface area contributed by atoms with E-state index in [2.05, 4.69) is 28.5 Å². The highest BCUT2D eigenvalue weighted by molar-refractivity contribution is 7.70. The lowest BCUT2D eigenvalue weighted by Gasteiger charge is -2.33. The summed E-state index contributed by atoms with van der Waals surface area (Å²) in [4.78, 5) is 2.85. The van der Waals surface area contributed by atoms with Gasteiger partial charge in [-0.15, -0.1) is 11.3 Å². The number of fused-ring (bicyclic) bond motifs is 1. The Kier molecular flexibility index (Phi) is 8.45. The number of halogens is 1. The van der Waals surface area contributed by atoms with Gasteiger partial charge in [-0.2, -0.15) is 5.26 Å². The number of hydrogen-bond acceptors (Lipinski definition) is 7. The van der Waals surface area contributed by atoms with E-state index in [-0.39, 0.29) is 12.5 Å². The van der Waals surface area contributed by atoms with Crippen LogP contribution in [0, 0.1) is 23.2 Å². The molecule has 6 nitrogen and oxygen atoms in total. The zero-order valence-electron chi connectivity index (χ0n) is 21.6. The Morgan fingerprint density at radius 2 is 2.08 bits per heavy atom. The largest absolute Gasteiger partial charge is 0.495 e. The van der Waals surface area contributed by atoms with Gasteiger partial charge in [0.25, 0.3) is 0 Å². The average Bonchev–Trinajstić information content (AvgIpc) is 3.21. The van der Waals surface area contributed by atoms with Gasteiger partial charge in [-0.3, -0.25) is 0 Å². The van der Waals surface area contributed by atoms with Crippen LogP contribution in [-0.2, 0) is 11.0 Å². The van der Waals surface area contributed by atoms with E-state index in [0.717, 1.165) is 50.2 Å². The number of nitrogens with zero attached hydrogens (tertiary/aromatic N) is 2. The molecule has 1 aliphatic rings. The van der Waals surface area contributed by atoms with Crippen molar-refractivity contribution in [3.63, 3.8) is 0 Å². The van der Waals surface area contributed by atoms with Crippen molar-refractivity contribution in [3.8, 4) is 23.7 Å². The fraction of sp³-hybridized carbons (Fsp3) is 0.393. The van der Waals surface area contributed by atoms with Crippen LogP contribution < -0.4 is 20.7 Å². The minimum Gasteiger partial charge on any atom is -0.495 e. The van der Waals surface area contributed by atoms with Gasteiger partial charge in [0.1, 0.15) is 19.1 Å². The topological polar surface area (TPSA) is 77.4 Å². The molecule has 37 heavy (non-hydrogen) atoms. The standard InChI is InChI=1S/C28H32FN4O2PS/c1-33-16-13-23(22(29)18-33)32-25-8-5-7-21-20(12-14-30)27(37-28(21)25)9-6-15-31-24-11-10-19(36(3,4)34)17-26(24)35-2/h5,7-8,10-11,17,22-23,31-32H,12-13,15-16,18H2,1-4H3/t22-,23+/m1/s1. The predicted molar refractivity (Wildman–Crippen MR) is 153 cm³/mol.